The highest BCUT2D eigenvalue weighted by Crippen LogP contribution is 2.30. The van der Waals surface area contributed by atoms with Gasteiger partial charge in [-0.3, -0.25) is 0 Å². The van der Waals surface area contributed by atoms with Gasteiger partial charge in [-0.15, -0.1) is 0 Å². The quantitative estimate of drug-likeness (QED) is 0.154. The minimum Gasteiger partial charge on any atom is -0.475 e. The van der Waals surface area contributed by atoms with Crippen LogP contribution in [0.15, 0.2) is 66.9 Å². The number of urea groups is 1. The van der Waals surface area contributed by atoms with Crippen LogP contribution >= 0.6 is 23.2 Å². The zero-order valence-corrected chi connectivity index (χ0v) is 23.3. The number of carbonyl (C=O) groups is 2. The summed E-state index contributed by atoms with van der Waals surface area (Å²) in [6.45, 7) is 1.90. The molecular formula is C28H23Cl2F3N6O3. The first kappa shape index (κ1) is 30.4. The van der Waals surface area contributed by atoms with Gasteiger partial charge >= 0.3 is 18.2 Å². The highest BCUT2D eigenvalue weighted by atomic mass is 35.5. The second-order valence-corrected chi connectivity index (χ2v) is 9.84. The van der Waals surface area contributed by atoms with Crippen LogP contribution in [0.2, 0.25) is 10.0 Å². The summed E-state index contributed by atoms with van der Waals surface area (Å²) < 4.78 is 31.7. The van der Waals surface area contributed by atoms with Crippen LogP contribution in [0.25, 0.3) is 0 Å². The number of nitrogens with zero attached hydrogens (tertiary/aromatic N) is 2. The molecule has 1 aliphatic rings. The van der Waals surface area contributed by atoms with Crippen molar-refractivity contribution in [3.05, 3.63) is 93.6 Å². The van der Waals surface area contributed by atoms with E-state index in [9.17, 15) is 18.0 Å². The van der Waals surface area contributed by atoms with Crippen LogP contribution in [0.4, 0.5) is 52.5 Å². The second-order valence-electron chi connectivity index (χ2n) is 9.03. The van der Waals surface area contributed by atoms with E-state index in [-0.39, 0.29) is 6.03 Å². The molecule has 5 N–H and O–H groups in total. The average molecular weight is 619 g/mol. The summed E-state index contributed by atoms with van der Waals surface area (Å²) in [7, 11) is 0. The zero-order chi connectivity index (χ0) is 30.4. The van der Waals surface area contributed by atoms with Crippen molar-refractivity contribution in [3.63, 3.8) is 0 Å². The third-order valence-corrected chi connectivity index (χ3v) is 6.52. The lowest BCUT2D eigenvalue weighted by atomic mass is 10.0. The van der Waals surface area contributed by atoms with Crippen LogP contribution in [-0.2, 0) is 17.6 Å². The van der Waals surface area contributed by atoms with Gasteiger partial charge in [0.2, 0.25) is 5.95 Å². The molecule has 1 aliphatic heterocycles. The minimum atomic E-state index is -5.08. The third-order valence-electron chi connectivity index (χ3n) is 5.93. The number of rotatable bonds is 2. The van der Waals surface area contributed by atoms with E-state index in [0.29, 0.717) is 39.6 Å². The molecule has 2 amide bonds. The summed E-state index contributed by atoms with van der Waals surface area (Å²) in [5.74, 6) is -1.83. The molecule has 0 saturated carbocycles. The highest BCUT2D eigenvalue weighted by Gasteiger charge is 2.38. The normalized spacial score (nSPS) is 12.0. The van der Waals surface area contributed by atoms with Crippen LogP contribution in [0.5, 0.6) is 0 Å². The van der Waals surface area contributed by atoms with Gasteiger partial charge < -0.3 is 26.4 Å². The Labute approximate surface area is 248 Å². The number of aliphatic carboxylic acids is 1. The summed E-state index contributed by atoms with van der Waals surface area (Å²) in [4.78, 5) is 30.5. The van der Waals surface area contributed by atoms with Crippen LogP contribution in [0.3, 0.4) is 0 Å². The van der Waals surface area contributed by atoms with Crippen LogP contribution in [-0.4, -0.2) is 33.3 Å². The molecule has 3 aromatic carbocycles. The first-order valence-electron chi connectivity index (χ1n) is 12.3. The Morgan fingerprint density at radius 2 is 1.64 bits per heavy atom. The van der Waals surface area contributed by atoms with Gasteiger partial charge in [0, 0.05) is 17.1 Å². The number of para-hydroxylation sites is 1. The SMILES string of the molecule is Cc1cccc(Cl)c1NC(=O)Nc1ccc2cc1CCc1cccc(c1)Nc1ncc(Cl)c(n1)N2.O=C(O)C(F)(F)F. The third kappa shape index (κ3) is 8.02. The van der Waals surface area contributed by atoms with Crippen molar-refractivity contribution in [2.24, 2.45) is 0 Å². The van der Waals surface area contributed by atoms with Crippen molar-refractivity contribution in [1.29, 1.82) is 0 Å². The van der Waals surface area contributed by atoms with Crippen molar-refractivity contribution in [2.75, 3.05) is 21.3 Å². The second kappa shape index (κ2) is 13.0. The maximum Gasteiger partial charge on any atom is 0.490 e. The molecule has 5 rings (SSSR count). The fraction of sp³-hybridized carbons (Fsp3) is 0.143. The predicted octanol–water partition coefficient (Wildman–Crippen LogP) is 7.95. The fourth-order valence-electron chi connectivity index (χ4n) is 3.92. The molecule has 4 aromatic rings. The number of amides is 2. The molecule has 0 unspecified atom stereocenters. The van der Waals surface area contributed by atoms with Gasteiger partial charge in [0.1, 0.15) is 5.02 Å². The molecule has 42 heavy (non-hydrogen) atoms. The number of nitrogens with one attached hydrogen (secondary N) is 4. The summed E-state index contributed by atoms with van der Waals surface area (Å²) >= 11 is 12.6. The van der Waals surface area contributed by atoms with Crippen molar-refractivity contribution in [1.82, 2.24) is 9.97 Å². The molecule has 0 saturated heterocycles. The molecule has 6 bridgehead atoms. The van der Waals surface area contributed by atoms with Gasteiger partial charge in [-0.1, -0.05) is 47.5 Å². The van der Waals surface area contributed by atoms with Gasteiger partial charge in [0.05, 0.1) is 16.9 Å². The smallest absolute Gasteiger partial charge is 0.475 e. The molecule has 2 heterocycles. The molecule has 0 radical (unpaired) electrons. The summed E-state index contributed by atoms with van der Waals surface area (Å²) in [6.07, 6.45) is -2.05. The number of hydrogen-bond donors (Lipinski definition) is 5. The first-order valence-corrected chi connectivity index (χ1v) is 13.1. The largest absolute Gasteiger partial charge is 0.490 e. The number of aromatic nitrogens is 2. The minimum absolute atomic E-state index is 0.365. The van der Waals surface area contributed by atoms with Crippen LogP contribution in [0.1, 0.15) is 16.7 Å². The summed E-state index contributed by atoms with van der Waals surface area (Å²) in [6, 6.07) is 18.9. The summed E-state index contributed by atoms with van der Waals surface area (Å²) in [5, 5.41) is 20.3. The van der Waals surface area contributed by atoms with E-state index in [1.807, 2.05) is 49.4 Å². The zero-order valence-electron chi connectivity index (χ0n) is 21.8. The molecule has 1 aromatic heterocycles. The molecule has 218 valence electrons. The van der Waals surface area contributed by atoms with Crippen molar-refractivity contribution in [2.45, 2.75) is 25.9 Å². The molecule has 0 atom stereocenters. The van der Waals surface area contributed by atoms with Crippen molar-refractivity contribution < 1.29 is 27.9 Å². The average Bonchev–Trinajstić information content (AvgIpc) is 2.93. The lowest BCUT2D eigenvalue weighted by Crippen LogP contribution is -2.21. The van der Waals surface area contributed by atoms with E-state index < -0.39 is 12.1 Å². The Hall–Kier alpha value is -4.55. The number of fused-ring (bicyclic) bond motifs is 6. The van der Waals surface area contributed by atoms with E-state index >= 15 is 0 Å². The fourth-order valence-corrected chi connectivity index (χ4v) is 4.33. The summed E-state index contributed by atoms with van der Waals surface area (Å²) in [5.41, 5.74) is 5.96. The Balaban J connectivity index is 0.000000517. The molecule has 0 fully saturated rings. The number of anilines is 6. The van der Waals surface area contributed by atoms with Gasteiger partial charge in [-0.2, -0.15) is 18.2 Å². The maximum atomic E-state index is 12.8. The number of aryl methyl sites for hydroxylation is 3. The number of carboxylic acids is 1. The van der Waals surface area contributed by atoms with Crippen molar-refractivity contribution in [3.8, 4) is 0 Å². The monoisotopic (exact) mass is 618 g/mol. The van der Waals surface area contributed by atoms with E-state index in [1.165, 1.54) is 0 Å². The van der Waals surface area contributed by atoms with Crippen molar-refractivity contribution >= 4 is 69.7 Å². The van der Waals surface area contributed by atoms with Crippen LogP contribution < -0.4 is 21.3 Å². The number of carboxylic acid groups (broad SMARTS) is 1. The lowest BCUT2D eigenvalue weighted by Gasteiger charge is -2.16. The Morgan fingerprint density at radius 1 is 0.929 bits per heavy atom. The van der Waals surface area contributed by atoms with Gasteiger partial charge in [0.15, 0.2) is 5.82 Å². The number of carbonyl (C=O) groups excluding carboxylic acids is 1. The van der Waals surface area contributed by atoms with E-state index in [2.05, 4.69) is 43.4 Å². The molecule has 0 spiro atoms. The maximum absolute atomic E-state index is 12.8. The number of benzene rings is 3. The topological polar surface area (TPSA) is 128 Å². The lowest BCUT2D eigenvalue weighted by molar-refractivity contribution is -0.192. The van der Waals surface area contributed by atoms with E-state index in [4.69, 9.17) is 33.1 Å². The predicted molar refractivity (Wildman–Crippen MR) is 156 cm³/mol. The Kier molecular flexibility index (Phi) is 9.38. The number of hydrogen-bond acceptors (Lipinski definition) is 6. The van der Waals surface area contributed by atoms with Gasteiger partial charge in [-0.05, 0) is 72.9 Å². The standard InChI is InChI=1S/C26H22Cl2N6O.C2HF3O2/c1-15-4-2-7-20(27)23(15)33-26(35)32-22-11-10-19-13-17(22)9-8-16-5-3-6-18(12-16)31-25-29-14-21(28)24(30-19)34-25;3-2(4,5)1(6)7/h2-7,10-14H,8-9H2,1H3,(H2,32,33,35)(H2,29,30,31,34);(H,6,7). The number of halogens is 5. The van der Waals surface area contributed by atoms with E-state index in [1.54, 1.807) is 12.3 Å². The molecule has 14 heteroatoms. The molecule has 0 aliphatic carbocycles. The van der Waals surface area contributed by atoms with Crippen LogP contribution in [0, 0.1) is 6.92 Å². The van der Waals surface area contributed by atoms with Gasteiger partial charge in [-0.25, -0.2) is 14.6 Å². The molecular weight excluding hydrogens is 596 g/mol. The Bertz CT molecular complexity index is 1620. The van der Waals surface area contributed by atoms with Gasteiger partial charge in [0.25, 0.3) is 0 Å². The highest BCUT2D eigenvalue weighted by molar-refractivity contribution is 6.34. The van der Waals surface area contributed by atoms with E-state index in [0.717, 1.165) is 34.5 Å². The Morgan fingerprint density at radius 3 is 2.36 bits per heavy atom. The number of alkyl halides is 3. The molecule has 9 nitrogen and oxygen atoms in total. The first-order chi connectivity index (χ1) is 19.9.